The third kappa shape index (κ3) is 5.57. The zero-order chi connectivity index (χ0) is 16.7. The van der Waals surface area contributed by atoms with Crippen molar-refractivity contribution in [3.8, 4) is 5.75 Å². The summed E-state index contributed by atoms with van der Waals surface area (Å²) in [6.07, 6.45) is 0.733. The summed E-state index contributed by atoms with van der Waals surface area (Å²) in [5.74, 6) is -0.542. The number of non-ortho nitro benzene ring substituents is 1. The molecule has 0 saturated carbocycles. The Morgan fingerprint density at radius 2 is 2.14 bits per heavy atom. The topological polar surface area (TPSA) is 111 Å². The van der Waals surface area contributed by atoms with Crippen LogP contribution in [0.1, 0.15) is 20.3 Å². The Labute approximate surface area is 131 Å². The third-order valence-corrected chi connectivity index (χ3v) is 3.02. The van der Waals surface area contributed by atoms with Crippen molar-refractivity contribution >= 4 is 29.2 Å². The number of nitrogens with one attached hydrogen (secondary N) is 2. The maximum absolute atomic E-state index is 11.5. The quantitative estimate of drug-likeness (QED) is 0.614. The molecule has 0 aliphatic heterocycles. The van der Waals surface area contributed by atoms with E-state index in [-0.39, 0.29) is 22.5 Å². The van der Waals surface area contributed by atoms with Gasteiger partial charge in [0.15, 0.2) is 6.61 Å². The van der Waals surface area contributed by atoms with E-state index in [1.54, 1.807) is 6.92 Å². The first-order chi connectivity index (χ1) is 10.3. The summed E-state index contributed by atoms with van der Waals surface area (Å²) in [7, 11) is 0. The van der Waals surface area contributed by atoms with Gasteiger partial charge in [-0.15, -0.1) is 0 Å². The van der Waals surface area contributed by atoms with Crippen LogP contribution in [0.2, 0.25) is 5.02 Å². The number of amides is 3. The van der Waals surface area contributed by atoms with Gasteiger partial charge in [-0.25, -0.2) is 4.79 Å². The second-order valence-corrected chi connectivity index (χ2v) is 4.90. The van der Waals surface area contributed by atoms with Gasteiger partial charge in [0.05, 0.1) is 9.95 Å². The van der Waals surface area contributed by atoms with E-state index in [1.165, 1.54) is 12.1 Å². The van der Waals surface area contributed by atoms with Gasteiger partial charge in [0.25, 0.3) is 11.6 Å². The molecular formula is C13H16ClN3O5. The van der Waals surface area contributed by atoms with Crippen molar-refractivity contribution in [1.29, 1.82) is 0 Å². The number of nitro groups is 1. The minimum atomic E-state index is -0.657. The monoisotopic (exact) mass is 329 g/mol. The number of benzene rings is 1. The number of nitro benzene ring substituents is 1. The number of carbonyl (C=O) groups is 2. The van der Waals surface area contributed by atoms with Crippen molar-refractivity contribution in [2.45, 2.75) is 26.3 Å². The van der Waals surface area contributed by atoms with E-state index < -0.39 is 23.5 Å². The molecule has 120 valence electrons. The van der Waals surface area contributed by atoms with Crippen molar-refractivity contribution in [3.63, 3.8) is 0 Å². The van der Waals surface area contributed by atoms with Crippen LogP contribution in [0.15, 0.2) is 18.2 Å². The summed E-state index contributed by atoms with van der Waals surface area (Å²) in [4.78, 5) is 32.9. The highest BCUT2D eigenvalue weighted by molar-refractivity contribution is 6.32. The van der Waals surface area contributed by atoms with Gasteiger partial charge in [0, 0.05) is 18.2 Å². The lowest BCUT2D eigenvalue weighted by Crippen LogP contribution is -2.44. The van der Waals surface area contributed by atoms with Gasteiger partial charge >= 0.3 is 6.03 Å². The fourth-order valence-corrected chi connectivity index (χ4v) is 1.62. The molecule has 0 aliphatic carbocycles. The van der Waals surface area contributed by atoms with E-state index in [2.05, 4.69) is 10.6 Å². The number of ether oxygens (including phenoxy) is 1. The first kappa shape index (κ1) is 17.7. The molecule has 2 N–H and O–H groups in total. The Balaban J connectivity index is 2.51. The van der Waals surface area contributed by atoms with Crippen LogP contribution in [0.3, 0.4) is 0 Å². The summed E-state index contributed by atoms with van der Waals surface area (Å²) in [6, 6.07) is 2.93. The summed E-state index contributed by atoms with van der Waals surface area (Å²) >= 11 is 5.81. The van der Waals surface area contributed by atoms with Crippen LogP contribution in [0.25, 0.3) is 0 Å². The van der Waals surface area contributed by atoms with Crippen LogP contribution < -0.4 is 15.4 Å². The third-order valence-electron chi connectivity index (χ3n) is 2.73. The average Bonchev–Trinajstić information content (AvgIpc) is 2.45. The fourth-order valence-electron chi connectivity index (χ4n) is 1.39. The molecule has 1 rings (SSSR count). The summed E-state index contributed by atoms with van der Waals surface area (Å²) < 4.78 is 5.12. The summed E-state index contributed by atoms with van der Waals surface area (Å²) in [5.41, 5.74) is -0.185. The van der Waals surface area contributed by atoms with Gasteiger partial charge < -0.3 is 10.1 Å². The molecule has 0 fully saturated rings. The SMILES string of the molecule is CC[C@H](C)NC(=O)NC(=O)COc1ccc([N+](=O)[O-])cc1Cl. The van der Waals surface area contributed by atoms with Crippen molar-refractivity contribution in [3.05, 3.63) is 33.3 Å². The molecule has 8 nitrogen and oxygen atoms in total. The number of nitrogens with zero attached hydrogens (tertiary/aromatic N) is 1. The lowest BCUT2D eigenvalue weighted by atomic mass is 10.3. The second kappa shape index (κ2) is 8.18. The molecule has 1 aromatic carbocycles. The predicted molar refractivity (Wildman–Crippen MR) is 80.0 cm³/mol. The molecule has 0 aliphatic rings. The number of urea groups is 1. The predicted octanol–water partition coefficient (Wildman–Crippen LogP) is 2.25. The lowest BCUT2D eigenvalue weighted by molar-refractivity contribution is -0.384. The number of imide groups is 1. The van der Waals surface area contributed by atoms with E-state index in [4.69, 9.17) is 16.3 Å². The van der Waals surface area contributed by atoms with Gasteiger partial charge in [-0.1, -0.05) is 18.5 Å². The molecule has 0 saturated heterocycles. The molecule has 1 atom stereocenters. The molecule has 0 aromatic heterocycles. The molecule has 22 heavy (non-hydrogen) atoms. The van der Waals surface area contributed by atoms with Crippen LogP contribution in [-0.2, 0) is 4.79 Å². The smallest absolute Gasteiger partial charge is 0.321 e. The molecule has 9 heteroatoms. The van der Waals surface area contributed by atoms with E-state index in [1.807, 2.05) is 6.92 Å². The van der Waals surface area contributed by atoms with Crippen molar-refractivity contribution in [2.24, 2.45) is 0 Å². The maximum atomic E-state index is 11.5. The van der Waals surface area contributed by atoms with Crippen LogP contribution in [0.5, 0.6) is 5.75 Å². The van der Waals surface area contributed by atoms with E-state index in [9.17, 15) is 19.7 Å². The zero-order valence-corrected chi connectivity index (χ0v) is 12.8. The molecule has 0 radical (unpaired) electrons. The van der Waals surface area contributed by atoms with E-state index in [0.717, 1.165) is 12.5 Å². The molecule has 3 amide bonds. The summed E-state index contributed by atoms with van der Waals surface area (Å²) in [5, 5.41) is 15.2. The fraction of sp³-hybridized carbons (Fsp3) is 0.385. The average molecular weight is 330 g/mol. The lowest BCUT2D eigenvalue weighted by Gasteiger charge is -2.12. The van der Waals surface area contributed by atoms with Crippen LogP contribution in [0.4, 0.5) is 10.5 Å². The van der Waals surface area contributed by atoms with Gasteiger partial charge in [0.1, 0.15) is 5.75 Å². The molecule has 0 bridgehead atoms. The first-order valence-electron chi connectivity index (χ1n) is 6.50. The Kier molecular flexibility index (Phi) is 6.58. The van der Waals surface area contributed by atoms with Gasteiger partial charge in [-0.2, -0.15) is 0 Å². The normalized spacial score (nSPS) is 11.4. The van der Waals surface area contributed by atoms with Crippen LogP contribution in [0, 0.1) is 10.1 Å². The Morgan fingerprint density at radius 3 is 2.68 bits per heavy atom. The number of hydrogen-bond donors (Lipinski definition) is 2. The largest absolute Gasteiger partial charge is 0.482 e. The zero-order valence-electron chi connectivity index (χ0n) is 12.1. The minimum absolute atomic E-state index is 0.00561. The molecular weight excluding hydrogens is 314 g/mol. The van der Waals surface area contributed by atoms with Gasteiger partial charge in [-0.05, 0) is 19.4 Å². The first-order valence-corrected chi connectivity index (χ1v) is 6.88. The highest BCUT2D eigenvalue weighted by Gasteiger charge is 2.13. The standard InChI is InChI=1S/C13H16ClN3O5/c1-3-8(2)15-13(19)16-12(18)7-22-11-5-4-9(17(20)21)6-10(11)14/h4-6,8H,3,7H2,1-2H3,(H2,15,16,18,19)/t8-/m0/s1. The molecule has 0 heterocycles. The number of carbonyl (C=O) groups excluding carboxylic acids is 2. The van der Waals surface area contributed by atoms with Crippen LogP contribution in [-0.4, -0.2) is 29.5 Å². The molecule has 0 unspecified atom stereocenters. The van der Waals surface area contributed by atoms with Crippen molar-refractivity contribution < 1.29 is 19.2 Å². The maximum Gasteiger partial charge on any atom is 0.321 e. The van der Waals surface area contributed by atoms with E-state index >= 15 is 0 Å². The number of hydrogen-bond acceptors (Lipinski definition) is 5. The second-order valence-electron chi connectivity index (χ2n) is 4.49. The minimum Gasteiger partial charge on any atom is -0.482 e. The van der Waals surface area contributed by atoms with Crippen molar-refractivity contribution in [1.82, 2.24) is 10.6 Å². The Hall–Kier alpha value is -2.35. The van der Waals surface area contributed by atoms with Crippen molar-refractivity contribution in [2.75, 3.05) is 6.61 Å². The number of halogens is 1. The Bertz CT molecular complexity index is 579. The highest BCUT2D eigenvalue weighted by Crippen LogP contribution is 2.28. The molecule has 0 spiro atoms. The van der Waals surface area contributed by atoms with Crippen LogP contribution >= 0.6 is 11.6 Å². The summed E-state index contributed by atoms with van der Waals surface area (Å²) in [6.45, 7) is 3.26. The number of rotatable bonds is 6. The van der Waals surface area contributed by atoms with Gasteiger partial charge in [-0.3, -0.25) is 20.2 Å². The Morgan fingerprint density at radius 1 is 1.45 bits per heavy atom. The molecule has 1 aromatic rings. The highest BCUT2D eigenvalue weighted by atomic mass is 35.5. The van der Waals surface area contributed by atoms with E-state index in [0.29, 0.717) is 0 Å². The van der Waals surface area contributed by atoms with Gasteiger partial charge in [0.2, 0.25) is 0 Å².